The number of ether oxygens (including phenoxy) is 1. The number of pyridine rings is 1. The van der Waals surface area contributed by atoms with E-state index in [4.69, 9.17) is 10.5 Å². The van der Waals surface area contributed by atoms with Crippen LogP contribution in [-0.2, 0) is 4.74 Å². The van der Waals surface area contributed by atoms with Gasteiger partial charge < -0.3 is 30.4 Å². The van der Waals surface area contributed by atoms with Crippen LogP contribution in [-0.4, -0.2) is 61.0 Å². The first kappa shape index (κ1) is 28.8. The second-order valence-electron chi connectivity index (χ2n) is 11.2. The Morgan fingerprint density at radius 3 is 2.56 bits per heavy atom. The zero-order valence-electron chi connectivity index (χ0n) is 24.2. The van der Waals surface area contributed by atoms with Crippen LogP contribution in [0, 0.1) is 12.8 Å². The molecule has 224 valence electrons. The Balaban J connectivity index is 1.39. The number of morpholine rings is 1. The number of anilines is 3. The third-order valence-electron chi connectivity index (χ3n) is 8.27. The number of benzene rings is 2. The fraction of sp³-hybridized carbons (Fsp3) is 0.303. The highest BCUT2D eigenvalue weighted by Gasteiger charge is 2.52. The summed E-state index contributed by atoms with van der Waals surface area (Å²) in [6.07, 6.45) is 5.91. The van der Waals surface area contributed by atoms with Crippen LogP contribution < -0.4 is 21.3 Å². The van der Waals surface area contributed by atoms with Gasteiger partial charge in [-0.05, 0) is 66.6 Å². The second-order valence-corrected chi connectivity index (χ2v) is 11.2. The number of rotatable bonds is 7. The summed E-state index contributed by atoms with van der Waals surface area (Å²) in [4.78, 5) is 6.84. The fourth-order valence-corrected chi connectivity index (χ4v) is 6.08. The molecule has 4 aromatic rings. The van der Waals surface area contributed by atoms with Gasteiger partial charge in [-0.3, -0.25) is 0 Å². The molecule has 0 bridgehead atoms. The molecule has 2 unspecified atom stereocenters. The van der Waals surface area contributed by atoms with E-state index in [1.807, 2.05) is 41.9 Å². The molecule has 1 saturated heterocycles. The maximum Gasteiger partial charge on any atom is 0.397 e. The first-order chi connectivity index (χ1) is 20.7. The van der Waals surface area contributed by atoms with Gasteiger partial charge in [0, 0.05) is 55.2 Å². The highest BCUT2D eigenvalue weighted by molar-refractivity contribution is 5.81. The molecule has 3 heterocycles. The minimum Gasteiger partial charge on any atom is -0.399 e. The number of nitrogen functional groups attached to an aromatic ring is 1. The van der Waals surface area contributed by atoms with Gasteiger partial charge in [0.05, 0.1) is 24.4 Å². The minimum absolute atomic E-state index is 0.0601. The van der Waals surface area contributed by atoms with Crippen molar-refractivity contribution < 1.29 is 17.9 Å². The molecule has 0 saturated carbocycles. The molecule has 1 aliphatic heterocycles. The van der Waals surface area contributed by atoms with E-state index < -0.39 is 17.6 Å². The molecule has 2 aromatic carbocycles. The number of allylic oxidation sites excluding steroid dienone is 2. The number of fused-ring (bicyclic) bond motifs is 1. The molecule has 10 heteroatoms. The normalized spacial score (nSPS) is 20.8. The van der Waals surface area contributed by atoms with Crippen molar-refractivity contribution in [1.82, 2.24) is 14.7 Å². The van der Waals surface area contributed by atoms with Crippen LogP contribution in [0.3, 0.4) is 0 Å². The van der Waals surface area contributed by atoms with E-state index in [0.717, 1.165) is 41.1 Å². The number of nitrogens with one attached hydrogen (secondary N) is 2. The van der Waals surface area contributed by atoms with Gasteiger partial charge in [-0.1, -0.05) is 36.4 Å². The molecule has 1 aliphatic carbocycles. The van der Waals surface area contributed by atoms with Crippen LogP contribution in [0.4, 0.5) is 30.2 Å². The molecular formula is C33H35F3N6O. The summed E-state index contributed by atoms with van der Waals surface area (Å²) in [6.45, 7) is 4.88. The van der Waals surface area contributed by atoms with Gasteiger partial charge in [0.25, 0.3) is 0 Å². The first-order valence-corrected chi connectivity index (χ1v) is 14.3. The van der Waals surface area contributed by atoms with E-state index in [9.17, 15) is 13.2 Å². The minimum atomic E-state index is -4.50. The lowest BCUT2D eigenvalue weighted by atomic mass is 9.76. The largest absolute Gasteiger partial charge is 0.399 e. The Labute approximate surface area is 248 Å². The van der Waals surface area contributed by atoms with Crippen LogP contribution in [0.1, 0.15) is 11.1 Å². The number of imidazole rings is 1. The third-order valence-corrected chi connectivity index (χ3v) is 8.27. The van der Waals surface area contributed by atoms with Crippen LogP contribution in [0.2, 0.25) is 0 Å². The summed E-state index contributed by atoms with van der Waals surface area (Å²) in [5.74, 6) is -1.79. The molecule has 1 fully saturated rings. The number of hydrogen-bond donors (Lipinski definition) is 3. The fourth-order valence-electron chi connectivity index (χ4n) is 6.08. The maximum absolute atomic E-state index is 14.8. The van der Waals surface area contributed by atoms with Crippen LogP contribution in [0.25, 0.3) is 22.3 Å². The third kappa shape index (κ3) is 5.72. The molecule has 4 N–H and O–H groups in total. The molecule has 7 nitrogen and oxygen atoms in total. The summed E-state index contributed by atoms with van der Waals surface area (Å²) >= 11 is 0. The van der Waals surface area contributed by atoms with Gasteiger partial charge in [-0.15, -0.1) is 0 Å². The van der Waals surface area contributed by atoms with Crippen molar-refractivity contribution in [1.29, 1.82) is 0 Å². The van der Waals surface area contributed by atoms with Gasteiger partial charge in [-0.25, -0.2) is 4.98 Å². The van der Waals surface area contributed by atoms with Crippen molar-refractivity contribution in [3.05, 3.63) is 96.5 Å². The van der Waals surface area contributed by atoms with Crippen molar-refractivity contribution in [3.63, 3.8) is 0 Å². The molecule has 2 aliphatic rings. The van der Waals surface area contributed by atoms with Gasteiger partial charge in [0.1, 0.15) is 5.92 Å². The van der Waals surface area contributed by atoms with Crippen LogP contribution >= 0.6 is 0 Å². The number of nitrogens with zero attached hydrogens (tertiary/aromatic N) is 3. The number of aromatic nitrogens is 2. The summed E-state index contributed by atoms with van der Waals surface area (Å²) in [7, 11) is 1.66. The van der Waals surface area contributed by atoms with Gasteiger partial charge in [0.15, 0.2) is 5.65 Å². The summed E-state index contributed by atoms with van der Waals surface area (Å²) in [6, 6.07) is 14.7. The van der Waals surface area contributed by atoms with E-state index in [0.29, 0.717) is 35.7 Å². The highest BCUT2D eigenvalue weighted by Crippen LogP contribution is 2.44. The van der Waals surface area contributed by atoms with Crippen molar-refractivity contribution in [3.8, 4) is 11.1 Å². The zero-order chi connectivity index (χ0) is 30.2. The van der Waals surface area contributed by atoms with E-state index in [-0.39, 0.29) is 6.54 Å². The number of nitrogens with two attached hydrogens (primary N) is 1. The monoisotopic (exact) mass is 588 g/mol. The number of hydrogen-bond acceptors (Lipinski definition) is 6. The number of aryl methyl sites for hydroxylation is 1. The Morgan fingerprint density at radius 1 is 1.07 bits per heavy atom. The van der Waals surface area contributed by atoms with Crippen LogP contribution in [0.15, 0.2) is 85.3 Å². The Kier molecular flexibility index (Phi) is 7.66. The Bertz CT molecular complexity index is 1670. The molecule has 2 aromatic heterocycles. The Hall–Kier alpha value is -4.28. The molecular weight excluding hydrogens is 553 g/mol. The van der Waals surface area contributed by atoms with Crippen LogP contribution in [0.5, 0.6) is 0 Å². The summed E-state index contributed by atoms with van der Waals surface area (Å²) < 4.78 is 51.9. The van der Waals surface area contributed by atoms with Crippen molar-refractivity contribution in [2.24, 2.45) is 5.92 Å². The Morgan fingerprint density at radius 2 is 1.84 bits per heavy atom. The zero-order valence-corrected chi connectivity index (χ0v) is 24.2. The molecule has 2 atom stereocenters. The standard InChI is InChI=1S/C33H35F3N6O/c1-22-3-8-27(19-28(22)25-17-29(41-13-15-43-16-14-41)31-39-11-12-42(31)20-25)40-32(21-38-2)10-9-24(18-30(32)33(34,35)36)23-4-6-26(37)7-5-23/h3-12,17-20,30,38,40H,13-16,21,37H2,1-2H3. The second kappa shape index (κ2) is 11.4. The molecule has 0 spiro atoms. The lowest BCUT2D eigenvalue weighted by Crippen LogP contribution is -2.56. The molecule has 0 amide bonds. The van der Waals surface area contributed by atoms with E-state index in [1.54, 1.807) is 49.7 Å². The quantitative estimate of drug-likeness (QED) is 0.232. The van der Waals surface area contributed by atoms with Crippen molar-refractivity contribution in [2.45, 2.75) is 18.6 Å². The predicted octanol–water partition coefficient (Wildman–Crippen LogP) is 5.93. The van der Waals surface area contributed by atoms with E-state index in [2.05, 4.69) is 26.6 Å². The topological polar surface area (TPSA) is 79.8 Å². The van der Waals surface area contributed by atoms with Crippen molar-refractivity contribution in [2.75, 3.05) is 55.8 Å². The lowest BCUT2D eigenvalue weighted by Gasteiger charge is -2.42. The average Bonchev–Trinajstić information content (AvgIpc) is 3.47. The molecule has 6 rings (SSSR count). The van der Waals surface area contributed by atoms with Gasteiger partial charge >= 0.3 is 6.18 Å². The molecule has 43 heavy (non-hydrogen) atoms. The average molecular weight is 589 g/mol. The molecule has 0 radical (unpaired) electrons. The lowest BCUT2D eigenvalue weighted by molar-refractivity contribution is -0.170. The summed E-state index contributed by atoms with van der Waals surface area (Å²) in [5.41, 5.74) is 11.4. The SMILES string of the molecule is CNCC1(Nc2ccc(C)c(-c3cc(N4CCOCC4)c4nccn4c3)c2)C=CC(c2ccc(N)cc2)=CC1C(F)(F)F. The van der Waals surface area contributed by atoms with Crippen molar-refractivity contribution >= 4 is 28.3 Å². The summed E-state index contributed by atoms with van der Waals surface area (Å²) in [5, 5.41) is 6.30. The highest BCUT2D eigenvalue weighted by atomic mass is 19.4. The first-order valence-electron chi connectivity index (χ1n) is 14.3. The maximum atomic E-state index is 14.8. The van der Waals surface area contributed by atoms with Gasteiger partial charge in [-0.2, -0.15) is 13.2 Å². The van der Waals surface area contributed by atoms with E-state index >= 15 is 0 Å². The number of alkyl halides is 3. The smallest absolute Gasteiger partial charge is 0.397 e. The number of halogens is 3. The van der Waals surface area contributed by atoms with E-state index in [1.165, 1.54) is 6.08 Å². The number of likely N-dealkylation sites (N-methyl/N-ethyl adjacent to an activating group) is 1. The van der Waals surface area contributed by atoms with Gasteiger partial charge in [0.2, 0.25) is 0 Å². The predicted molar refractivity (Wildman–Crippen MR) is 166 cm³/mol.